The van der Waals surface area contributed by atoms with E-state index in [9.17, 15) is 14.7 Å². The third-order valence-electron chi connectivity index (χ3n) is 3.53. The number of amides is 1. The average Bonchev–Trinajstić information content (AvgIpc) is 2.67. The van der Waals surface area contributed by atoms with Crippen LogP contribution < -0.4 is 5.32 Å². The highest BCUT2D eigenvalue weighted by molar-refractivity contribution is 7.16. The molecule has 6 nitrogen and oxygen atoms in total. The van der Waals surface area contributed by atoms with E-state index in [0.717, 1.165) is 30.8 Å². The first-order valence-electron chi connectivity index (χ1n) is 7.35. The summed E-state index contributed by atoms with van der Waals surface area (Å²) in [6, 6.07) is 0. The average molecular weight is 311 g/mol. The van der Waals surface area contributed by atoms with Crippen LogP contribution in [0.1, 0.15) is 54.4 Å². The summed E-state index contributed by atoms with van der Waals surface area (Å²) in [6.45, 7) is 4.34. The minimum atomic E-state index is -1.03. The van der Waals surface area contributed by atoms with E-state index in [0.29, 0.717) is 18.1 Å². The number of carboxylic acids is 1. The summed E-state index contributed by atoms with van der Waals surface area (Å²) in [5.41, 5.74) is 0.0654. The van der Waals surface area contributed by atoms with Crippen molar-refractivity contribution in [1.29, 1.82) is 0 Å². The summed E-state index contributed by atoms with van der Waals surface area (Å²) in [6.07, 6.45) is 5.14. The maximum Gasteiger partial charge on any atom is 0.355 e. The molecular weight excluding hydrogens is 290 g/mol. The molecule has 0 radical (unpaired) electrons. The van der Waals surface area contributed by atoms with Gasteiger partial charge in [0, 0.05) is 13.0 Å². The molecule has 0 saturated carbocycles. The van der Waals surface area contributed by atoms with E-state index in [2.05, 4.69) is 15.2 Å². The van der Waals surface area contributed by atoms with Gasteiger partial charge in [-0.05, 0) is 25.9 Å². The van der Waals surface area contributed by atoms with Crippen LogP contribution >= 0.6 is 11.3 Å². The number of carboxylic acid groups (broad SMARTS) is 1. The number of nitrogens with one attached hydrogen (secondary N) is 1. The van der Waals surface area contributed by atoms with Gasteiger partial charge in [0.1, 0.15) is 0 Å². The van der Waals surface area contributed by atoms with E-state index < -0.39 is 5.97 Å². The molecule has 2 heterocycles. The summed E-state index contributed by atoms with van der Waals surface area (Å²) in [4.78, 5) is 29.8. The van der Waals surface area contributed by atoms with Crippen molar-refractivity contribution in [3.05, 3.63) is 10.6 Å². The van der Waals surface area contributed by atoms with Gasteiger partial charge in [-0.25, -0.2) is 9.78 Å². The van der Waals surface area contributed by atoms with Crippen LogP contribution in [0.5, 0.6) is 0 Å². The zero-order chi connectivity index (χ0) is 15.2. The molecule has 0 aliphatic carbocycles. The van der Waals surface area contributed by atoms with Crippen LogP contribution in [0.15, 0.2) is 0 Å². The van der Waals surface area contributed by atoms with Crippen LogP contribution in [0, 0.1) is 0 Å². The number of carbonyl (C=O) groups excluding carboxylic acids is 1. The van der Waals surface area contributed by atoms with Crippen molar-refractivity contribution in [3.63, 3.8) is 0 Å². The van der Waals surface area contributed by atoms with Gasteiger partial charge in [0.2, 0.25) is 5.91 Å². The highest BCUT2D eigenvalue weighted by Gasteiger charge is 2.21. The van der Waals surface area contributed by atoms with Crippen LogP contribution in [-0.2, 0) is 11.3 Å². The molecule has 0 unspecified atom stereocenters. The second-order valence-corrected chi connectivity index (χ2v) is 6.27. The first-order chi connectivity index (χ1) is 10.1. The first-order valence-corrected chi connectivity index (χ1v) is 8.17. The monoisotopic (exact) mass is 311 g/mol. The first kappa shape index (κ1) is 15.9. The van der Waals surface area contributed by atoms with Gasteiger partial charge in [-0.1, -0.05) is 31.1 Å². The van der Waals surface area contributed by atoms with Gasteiger partial charge in [-0.15, -0.1) is 0 Å². The molecule has 1 aromatic heterocycles. The Morgan fingerprint density at radius 2 is 1.95 bits per heavy atom. The lowest BCUT2D eigenvalue weighted by atomic mass is 10.2. The molecular formula is C14H21N3O3S. The maximum absolute atomic E-state index is 11.4. The largest absolute Gasteiger partial charge is 0.476 e. The Bertz CT molecular complexity index is 508. The Kier molecular flexibility index (Phi) is 5.69. The minimum absolute atomic E-state index is 0.0654. The molecule has 7 heteroatoms. The quantitative estimate of drug-likeness (QED) is 0.873. The van der Waals surface area contributed by atoms with Crippen molar-refractivity contribution in [1.82, 2.24) is 9.88 Å². The van der Waals surface area contributed by atoms with Gasteiger partial charge < -0.3 is 10.4 Å². The summed E-state index contributed by atoms with van der Waals surface area (Å²) in [7, 11) is 0. The molecule has 1 amide bonds. The molecule has 1 saturated heterocycles. The number of aromatic nitrogens is 1. The minimum Gasteiger partial charge on any atom is -0.476 e. The topological polar surface area (TPSA) is 82.5 Å². The van der Waals surface area contributed by atoms with E-state index in [1.807, 2.05) is 0 Å². The van der Waals surface area contributed by atoms with E-state index in [1.54, 1.807) is 6.92 Å². The maximum atomic E-state index is 11.4. The van der Waals surface area contributed by atoms with Crippen LogP contribution in [0.2, 0.25) is 0 Å². The number of likely N-dealkylation sites (tertiary alicyclic amines) is 1. The number of anilines is 1. The van der Waals surface area contributed by atoms with E-state index >= 15 is 0 Å². The SMILES string of the molecule is CCC(=O)Nc1nc(C(=O)O)c(CN2CCCCCC2)s1. The number of carbonyl (C=O) groups is 2. The fourth-order valence-corrected chi connectivity index (χ4v) is 3.40. The zero-order valence-electron chi connectivity index (χ0n) is 12.2. The van der Waals surface area contributed by atoms with Crippen LogP contribution in [0.4, 0.5) is 5.13 Å². The fourth-order valence-electron chi connectivity index (χ4n) is 2.38. The summed E-state index contributed by atoms with van der Waals surface area (Å²) in [5, 5.41) is 12.3. The van der Waals surface area contributed by atoms with Crippen LogP contribution in [0.3, 0.4) is 0 Å². The van der Waals surface area contributed by atoms with Crippen molar-refractivity contribution in [2.75, 3.05) is 18.4 Å². The molecule has 0 aromatic carbocycles. The van der Waals surface area contributed by atoms with Gasteiger partial charge in [-0.3, -0.25) is 9.69 Å². The fraction of sp³-hybridized carbons (Fsp3) is 0.643. The second-order valence-electron chi connectivity index (χ2n) is 5.19. The molecule has 2 rings (SSSR count). The standard InChI is InChI=1S/C14H21N3O3S/c1-2-11(18)15-14-16-12(13(19)20)10(21-14)9-17-7-5-3-4-6-8-17/h2-9H2,1H3,(H,19,20)(H,15,16,18). The number of hydrogen-bond donors (Lipinski definition) is 2. The molecule has 21 heavy (non-hydrogen) atoms. The van der Waals surface area contributed by atoms with Gasteiger partial charge in [-0.2, -0.15) is 0 Å². The lowest BCUT2D eigenvalue weighted by molar-refractivity contribution is -0.115. The highest BCUT2D eigenvalue weighted by Crippen LogP contribution is 2.26. The molecule has 1 aliphatic rings. The Morgan fingerprint density at radius 3 is 2.52 bits per heavy atom. The molecule has 0 spiro atoms. The van der Waals surface area contributed by atoms with Gasteiger partial charge >= 0.3 is 5.97 Å². The lowest BCUT2D eigenvalue weighted by Gasteiger charge is -2.18. The molecule has 1 aromatic rings. The van der Waals surface area contributed by atoms with Gasteiger partial charge in [0.15, 0.2) is 10.8 Å². The third-order valence-corrected chi connectivity index (χ3v) is 4.49. The van der Waals surface area contributed by atoms with Crippen molar-refractivity contribution in [3.8, 4) is 0 Å². The summed E-state index contributed by atoms with van der Waals surface area (Å²) < 4.78 is 0. The Hall–Kier alpha value is -1.47. The molecule has 1 fully saturated rings. The molecule has 2 N–H and O–H groups in total. The van der Waals surface area contributed by atoms with E-state index in [-0.39, 0.29) is 11.6 Å². The number of thiazole rings is 1. The predicted molar refractivity (Wildman–Crippen MR) is 81.7 cm³/mol. The Labute approximate surface area is 128 Å². The number of nitrogens with zero attached hydrogens (tertiary/aromatic N) is 2. The highest BCUT2D eigenvalue weighted by atomic mass is 32.1. The Morgan fingerprint density at radius 1 is 1.29 bits per heavy atom. The molecule has 0 atom stereocenters. The van der Waals surface area contributed by atoms with Crippen molar-refractivity contribution in [2.45, 2.75) is 45.6 Å². The second kappa shape index (κ2) is 7.51. The third kappa shape index (κ3) is 4.50. The van der Waals surface area contributed by atoms with Crippen molar-refractivity contribution < 1.29 is 14.7 Å². The van der Waals surface area contributed by atoms with Crippen molar-refractivity contribution in [2.24, 2.45) is 0 Å². The predicted octanol–water partition coefficient (Wildman–Crippen LogP) is 2.57. The van der Waals surface area contributed by atoms with Crippen LogP contribution in [0.25, 0.3) is 0 Å². The van der Waals surface area contributed by atoms with Gasteiger partial charge in [0.05, 0.1) is 4.88 Å². The van der Waals surface area contributed by atoms with E-state index in [4.69, 9.17) is 0 Å². The zero-order valence-corrected chi connectivity index (χ0v) is 13.0. The normalized spacial score (nSPS) is 16.4. The molecule has 1 aliphatic heterocycles. The smallest absolute Gasteiger partial charge is 0.355 e. The summed E-state index contributed by atoms with van der Waals surface area (Å²) >= 11 is 1.27. The number of rotatable bonds is 5. The van der Waals surface area contributed by atoms with Gasteiger partial charge in [0.25, 0.3) is 0 Å². The van der Waals surface area contributed by atoms with Crippen molar-refractivity contribution >= 4 is 28.3 Å². The van der Waals surface area contributed by atoms with Crippen LogP contribution in [-0.4, -0.2) is 40.0 Å². The van der Waals surface area contributed by atoms with E-state index in [1.165, 1.54) is 24.2 Å². The Balaban J connectivity index is 2.12. The lowest BCUT2D eigenvalue weighted by Crippen LogP contribution is -2.24. The summed E-state index contributed by atoms with van der Waals surface area (Å²) in [5.74, 6) is -1.19. The number of hydrogen-bond acceptors (Lipinski definition) is 5. The molecule has 116 valence electrons. The molecule has 0 bridgehead atoms. The number of aromatic carboxylic acids is 1.